The molecule has 1 N–H and O–H groups in total. The maximum atomic E-state index is 12.7. The molecule has 0 bridgehead atoms. The zero-order valence-corrected chi connectivity index (χ0v) is 14.5. The Morgan fingerprint density at radius 3 is 2.43 bits per heavy atom. The summed E-state index contributed by atoms with van der Waals surface area (Å²) in [6, 6.07) is 10.5. The van der Waals surface area contributed by atoms with E-state index in [-0.39, 0.29) is 11.3 Å². The van der Waals surface area contributed by atoms with Crippen molar-refractivity contribution in [2.75, 3.05) is 26.0 Å². The average Bonchev–Trinajstić information content (AvgIpc) is 2.49. The van der Waals surface area contributed by atoms with Gasteiger partial charge in [-0.25, -0.2) is 0 Å². The molecule has 4 heteroatoms. The molecule has 3 atom stereocenters. The third-order valence-corrected chi connectivity index (χ3v) is 5.54. The fraction of sp³-hybridized carbons (Fsp3) is 0.647. The predicted molar refractivity (Wildman–Crippen MR) is 91.0 cm³/mol. The zero-order chi connectivity index (χ0) is 15.7. The summed E-state index contributed by atoms with van der Waals surface area (Å²) in [5, 5.41) is 3.68. The van der Waals surface area contributed by atoms with Gasteiger partial charge in [0.05, 0.1) is 11.9 Å². The van der Waals surface area contributed by atoms with Crippen molar-refractivity contribution in [2.45, 2.75) is 38.5 Å². The van der Waals surface area contributed by atoms with Crippen LogP contribution in [-0.2, 0) is 15.5 Å². The maximum absolute atomic E-state index is 12.7. The minimum Gasteiger partial charge on any atom is -0.384 e. The number of methoxy groups -OCH3 is 1. The highest BCUT2D eigenvalue weighted by molar-refractivity contribution is 7.85. The van der Waals surface area contributed by atoms with E-state index in [0.717, 1.165) is 13.0 Å². The second-order valence-electron chi connectivity index (χ2n) is 5.63. The Bertz CT molecular complexity index is 409. The molecule has 1 rings (SSSR count). The maximum Gasteiger partial charge on any atom is 0.0577 e. The van der Waals surface area contributed by atoms with Crippen molar-refractivity contribution in [2.24, 2.45) is 5.92 Å². The van der Waals surface area contributed by atoms with E-state index in [1.807, 2.05) is 18.2 Å². The Hall–Kier alpha value is -0.710. The second-order valence-corrected chi connectivity index (χ2v) is 7.34. The van der Waals surface area contributed by atoms with Crippen LogP contribution in [0.4, 0.5) is 0 Å². The van der Waals surface area contributed by atoms with Crippen LogP contribution in [0.25, 0.3) is 0 Å². The van der Waals surface area contributed by atoms with Gasteiger partial charge in [0.25, 0.3) is 0 Å². The van der Waals surface area contributed by atoms with Crippen LogP contribution in [-0.4, -0.2) is 35.5 Å². The molecule has 0 amide bonds. The normalized spacial score (nSPS) is 15.9. The molecule has 0 saturated carbocycles. The van der Waals surface area contributed by atoms with Crippen LogP contribution in [0, 0.1) is 5.92 Å². The average molecular weight is 311 g/mol. The van der Waals surface area contributed by atoms with Crippen molar-refractivity contribution in [3.8, 4) is 0 Å². The fourth-order valence-corrected chi connectivity index (χ4v) is 4.29. The Morgan fingerprint density at radius 2 is 1.90 bits per heavy atom. The first-order chi connectivity index (χ1) is 10.1. The lowest BCUT2D eigenvalue weighted by molar-refractivity contribution is 0.217. The van der Waals surface area contributed by atoms with E-state index in [1.165, 1.54) is 5.56 Å². The van der Waals surface area contributed by atoms with Gasteiger partial charge < -0.3 is 10.1 Å². The van der Waals surface area contributed by atoms with Crippen molar-refractivity contribution < 1.29 is 8.95 Å². The molecule has 0 radical (unpaired) electrons. The van der Waals surface area contributed by atoms with Crippen LogP contribution < -0.4 is 5.32 Å². The van der Waals surface area contributed by atoms with Crippen LogP contribution in [0.2, 0.25) is 0 Å². The molecular formula is C17H29NO2S. The minimum atomic E-state index is -0.909. The molecule has 3 nitrogen and oxygen atoms in total. The van der Waals surface area contributed by atoms with E-state index in [2.05, 4.69) is 38.2 Å². The topological polar surface area (TPSA) is 38.3 Å². The Balaban J connectivity index is 2.98. The molecule has 0 aliphatic rings. The van der Waals surface area contributed by atoms with Crippen molar-refractivity contribution in [3.05, 3.63) is 35.9 Å². The van der Waals surface area contributed by atoms with Gasteiger partial charge in [0.2, 0.25) is 0 Å². The van der Waals surface area contributed by atoms with E-state index < -0.39 is 10.8 Å². The van der Waals surface area contributed by atoms with Gasteiger partial charge in [-0.3, -0.25) is 4.21 Å². The molecule has 0 heterocycles. The number of rotatable bonds is 10. The number of ether oxygens (including phenoxy) is 1. The fourth-order valence-electron chi connectivity index (χ4n) is 2.53. The first kappa shape index (κ1) is 18.3. The standard InChI is InChI=1S/C17H29NO2S/c1-5-11-18-16(15-9-7-6-8-10-15)17(14(2)3)21(19)13-12-20-4/h6-10,14,16-18H,5,11-13H2,1-4H3. The second kappa shape index (κ2) is 10.1. The summed E-state index contributed by atoms with van der Waals surface area (Å²) < 4.78 is 17.8. The Labute approximate surface area is 131 Å². The SMILES string of the molecule is CCCNC(c1ccccc1)C(C(C)C)S(=O)CCOC. The van der Waals surface area contributed by atoms with Gasteiger partial charge in [-0.2, -0.15) is 0 Å². The Kier molecular flexibility index (Phi) is 8.81. The van der Waals surface area contributed by atoms with Crippen LogP contribution in [0.1, 0.15) is 38.8 Å². The molecule has 0 fully saturated rings. The molecular weight excluding hydrogens is 282 g/mol. The third kappa shape index (κ3) is 5.89. The van der Waals surface area contributed by atoms with Crippen LogP contribution in [0.3, 0.4) is 0 Å². The third-order valence-electron chi connectivity index (χ3n) is 3.55. The lowest BCUT2D eigenvalue weighted by Gasteiger charge is -2.31. The van der Waals surface area contributed by atoms with Gasteiger partial charge >= 0.3 is 0 Å². The quantitative estimate of drug-likeness (QED) is 0.721. The van der Waals surface area contributed by atoms with Gasteiger partial charge in [0.1, 0.15) is 0 Å². The van der Waals surface area contributed by atoms with Crippen molar-refractivity contribution in [1.82, 2.24) is 5.32 Å². The highest BCUT2D eigenvalue weighted by atomic mass is 32.2. The summed E-state index contributed by atoms with van der Waals surface area (Å²) in [4.78, 5) is 0. The largest absolute Gasteiger partial charge is 0.384 e. The molecule has 0 aliphatic carbocycles. The van der Waals surface area contributed by atoms with E-state index >= 15 is 0 Å². The summed E-state index contributed by atoms with van der Waals surface area (Å²) in [5.41, 5.74) is 1.22. The van der Waals surface area contributed by atoms with Gasteiger partial charge in [0.15, 0.2) is 0 Å². The van der Waals surface area contributed by atoms with E-state index in [4.69, 9.17) is 4.74 Å². The molecule has 1 aromatic carbocycles. The molecule has 0 aliphatic heterocycles. The van der Waals surface area contributed by atoms with Gasteiger partial charge in [-0.1, -0.05) is 51.1 Å². The lowest BCUT2D eigenvalue weighted by atomic mass is 9.96. The minimum absolute atomic E-state index is 0.0918. The van der Waals surface area contributed by atoms with Crippen molar-refractivity contribution >= 4 is 10.8 Å². The predicted octanol–water partition coefficient (Wildman–Crippen LogP) is 3.15. The van der Waals surface area contributed by atoms with Crippen LogP contribution in [0.15, 0.2) is 30.3 Å². The van der Waals surface area contributed by atoms with E-state index in [0.29, 0.717) is 18.3 Å². The zero-order valence-electron chi connectivity index (χ0n) is 13.7. The summed E-state index contributed by atoms with van der Waals surface area (Å²) in [5.74, 6) is 0.938. The molecule has 0 spiro atoms. The van der Waals surface area contributed by atoms with Gasteiger partial charge in [-0.15, -0.1) is 0 Å². The summed E-state index contributed by atoms with van der Waals surface area (Å²) in [6.45, 7) is 7.94. The van der Waals surface area contributed by atoms with Gasteiger partial charge in [-0.05, 0) is 24.4 Å². The Morgan fingerprint density at radius 1 is 1.24 bits per heavy atom. The number of hydrogen-bond donors (Lipinski definition) is 1. The number of nitrogens with one attached hydrogen (secondary N) is 1. The number of hydrogen-bond acceptors (Lipinski definition) is 3. The molecule has 3 unspecified atom stereocenters. The lowest BCUT2D eigenvalue weighted by Crippen LogP contribution is -2.39. The molecule has 1 aromatic rings. The highest BCUT2D eigenvalue weighted by Gasteiger charge is 2.30. The van der Waals surface area contributed by atoms with E-state index in [9.17, 15) is 4.21 Å². The smallest absolute Gasteiger partial charge is 0.0577 e. The highest BCUT2D eigenvalue weighted by Crippen LogP contribution is 2.26. The molecule has 21 heavy (non-hydrogen) atoms. The molecule has 0 saturated heterocycles. The van der Waals surface area contributed by atoms with Crippen molar-refractivity contribution in [3.63, 3.8) is 0 Å². The van der Waals surface area contributed by atoms with E-state index in [1.54, 1.807) is 7.11 Å². The number of benzene rings is 1. The monoisotopic (exact) mass is 311 g/mol. The molecule has 120 valence electrons. The summed E-state index contributed by atoms with van der Waals surface area (Å²) in [6.07, 6.45) is 1.07. The van der Waals surface area contributed by atoms with Gasteiger partial charge in [0, 0.05) is 29.7 Å². The first-order valence-electron chi connectivity index (χ1n) is 7.76. The first-order valence-corrected chi connectivity index (χ1v) is 9.14. The van der Waals surface area contributed by atoms with Crippen LogP contribution >= 0.6 is 0 Å². The van der Waals surface area contributed by atoms with Crippen LogP contribution in [0.5, 0.6) is 0 Å². The molecule has 0 aromatic heterocycles. The van der Waals surface area contributed by atoms with Crippen molar-refractivity contribution in [1.29, 1.82) is 0 Å². The summed E-state index contributed by atoms with van der Waals surface area (Å²) in [7, 11) is 0.749. The summed E-state index contributed by atoms with van der Waals surface area (Å²) >= 11 is 0.